The molecule has 2 aromatic rings. The number of ketones is 1. The van der Waals surface area contributed by atoms with Crippen molar-refractivity contribution in [1.29, 1.82) is 0 Å². The Hall–Kier alpha value is -2.15. The molecule has 22 heavy (non-hydrogen) atoms. The van der Waals surface area contributed by atoms with Crippen LogP contribution in [0.4, 0.5) is 4.39 Å². The SMILES string of the molecule is COC(=O)CCC(=O)c1cc2c(F)c(OC)c(OC)cc2s1. The van der Waals surface area contributed by atoms with Crippen LogP contribution in [0.5, 0.6) is 11.5 Å². The lowest BCUT2D eigenvalue weighted by atomic mass is 10.1. The normalized spacial score (nSPS) is 10.5. The molecule has 0 fully saturated rings. The summed E-state index contributed by atoms with van der Waals surface area (Å²) in [6.07, 6.45) is 0.0219. The summed E-state index contributed by atoms with van der Waals surface area (Å²) < 4.78 is 29.5. The van der Waals surface area contributed by atoms with Gasteiger partial charge in [0.05, 0.1) is 32.6 Å². The van der Waals surface area contributed by atoms with Crippen LogP contribution >= 0.6 is 11.3 Å². The second kappa shape index (κ2) is 6.74. The highest BCUT2D eigenvalue weighted by molar-refractivity contribution is 7.20. The molecule has 0 bridgehead atoms. The van der Waals surface area contributed by atoms with E-state index in [1.54, 1.807) is 6.07 Å². The van der Waals surface area contributed by atoms with E-state index in [9.17, 15) is 14.0 Å². The maximum atomic E-state index is 14.4. The maximum Gasteiger partial charge on any atom is 0.305 e. The lowest BCUT2D eigenvalue weighted by Gasteiger charge is -2.08. The van der Waals surface area contributed by atoms with Crippen LogP contribution in [0.1, 0.15) is 22.5 Å². The summed E-state index contributed by atoms with van der Waals surface area (Å²) in [5.41, 5.74) is 0. The second-order valence-electron chi connectivity index (χ2n) is 4.45. The van der Waals surface area contributed by atoms with E-state index in [1.165, 1.54) is 27.4 Å². The van der Waals surface area contributed by atoms with Crippen molar-refractivity contribution in [3.05, 3.63) is 22.8 Å². The van der Waals surface area contributed by atoms with Crippen LogP contribution in [0.25, 0.3) is 10.1 Å². The third kappa shape index (κ3) is 3.04. The largest absolute Gasteiger partial charge is 0.493 e. The van der Waals surface area contributed by atoms with E-state index in [0.717, 1.165) is 11.3 Å². The molecule has 0 N–H and O–H groups in total. The standard InChI is InChI=1S/C15H15FO5S/c1-19-10-7-11-8(14(16)15(10)21-3)6-12(22-11)9(17)4-5-13(18)20-2/h6-7H,4-5H2,1-3H3. The van der Waals surface area contributed by atoms with Gasteiger partial charge in [0, 0.05) is 22.6 Å². The van der Waals surface area contributed by atoms with Gasteiger partial charge in [-0.1, -0.05) is 0 Å². The number of methoxy groups -OCH3 is 3. The minimum atomic E-state index is -0.569. The zero-order valence-corrected chi connectivity index (χ0v) is 13.2. The molecular weight excluding hydrogens is 311 g/mol. The first-order valence-electron chi connectivity index (χ1n) is 6.45. The Labute approximate surface area is 130 Å². The van der Waals surface area contributed by atoms with E-state index < -0.39 is 11.8 Å². The molecular formula is C15H15FO5S. The van der Waals surface area contributed by atoms with E-state index in [4.69, 9.17) is 9.47 Å². The number of rotatable bonds is 6. The summed E-state index contributed by atoms with van der Waals surface area (Å²) in [6.45, 7) is 0. The summed E-state index contributed by atoms with van der Waals surface area (Å²) in [4.78, 5) is 23.5. The van der Waals surface area contributed by atoms with Crippen LogP contribution in [-0.2, 0) is 9.53 Å². The van der Waals surface area contributed by atoms with Crippen LogP contribution in [0.15, 0.2) is 12.1 Å². The van der Waals surface area contributed by atoms with E-state index in [-0.39, 0.29) is 30.1 Å². The van der Waals surface area contributed by atoms with Gasteiger partial charge >= 0.3 is 5.97 Å². The van der Waals surface area contributed by atoms with Gasteiger partial charge in [-0.2, -0.15) is 0 Å². The van der Waals surface area contributed by atoms with Crippen molar-refractivity contribution in [2.75, 3.05) is 21.3 Å². The molecule has 0 aliphatic rings. The Morgan fingerprint density at radius 3 is 2.45 bits per heavy atom. The highest BCUT2D eigenvalue weighted by Crippen LogP contribution is 2.39. The van der Waals surface area contributed by atoms with Crippen LogP contribution in [0, 0.1) is 5.82 Å². The summed E-state index contributed by atoms with van der Waals surface area (Å²) in [7, 11) is 4.03. The number of esters is 1. The average molecular weight is 326 g/mol. The van der Waals surface area contributed by atoms with Crippen LogP contribution in [0.3, 0.4) is 0 Å². The predicted octanol–water partition coefficient (Wildman–Crippen LogP) is 3.19. The van der Waals surface area contributed by atoms with Gasteiger partial charge in [0.25, 0.3) is 0 Å². The molecule has 0 unspecified atom stereocenters. The number of carbonyl (C=O) groups is 2. The number of hydrogen-bond donors (Lipinski definition) is 0. The maximum absolute atomic E-state index is 14.4. The topological polar surface area (TPSA) is 61.8 Å². The van der Waals surface area contributed by atoms with Crippen molar-refractivity contribution in [2.45, 2.75) is 12.8 Å². The number of Topliss-reactive ketones (excluding diaryl/α,β-unsaturated/α-hetero) is 1. The molecule has 1 aromatic carbocycles. The fourth-order valence-electron chi connectivity index (χ4n) is 2.02. The van der Waals surface area contributed by atoms with Crippen LogP contribution < -0.4 is 9.47 Å². The first-order valence-corrected chi connectivity index (χ1v) is 7.27. The van der Waals surface area contributed by atoms with Crippen molar-refractivity contribution in [1.82, 2.24) is 0 Å². The van der Waals surface area contributed by atoms with Gasteiger partial charge in [-0.15, -0.1) is 11.3 Å². The lowest BCUT2D eigenvalue weighted by molar-refractivity contribution is -0.140. The number of hydrogen-bond acceptors (Lipinski definition) is 6. The highest BCUT2D eigenvalue weighted by atomic mass is 32.1. The summed E-state index contributed by atoms with van der Waals surface area (Å²) in [5, 5.41) is 0.295. The monoisotopic (exact) mass is 326 g/mol. The molecule has 1 aromatic heterocycles. The molecule has 0 saturated heterocycles. The number of halogens is 1. The molecule has 0 aliphatic heterocycles. The molecule has 0 spiro atoms. The third-order valence-electron chi connectivity index (χ3n) is 3.17. The fourth-order valence-corrected chi connectivity index (χ4v) is 3.07. The Balaban J connectivity index is 2.36. The number of fused-ring (bicyclic) bond motifs is 1. The summed E-state index contributed by atoms with van der Waals surface area (Å²) in [5.74, 6) is -0.989. The van der Waals surface area contributed by atoms with Crippen molar-refractivity contribution >= 4 is 33.2 Å². The minimum Gasteiger partial charge on any atom is -0.493 e. The molecule has 0 amide bonds. The fraction of sp³-hybridized carbons (Fsp3) is 0.333. The van der Waals surface area contributed by atoms with E-state index in [0.29, 0.717) is 15.0 Å². The van der Waals surface area contributed by atoms with Gasteiger partial charge in [-0.05, 0) is 6.07 Å². The first kappa shape index (κ1) is 16.2. The molecule has 2 rings (SSSR count). The Morgan fingerprint density at radius 2 is 1.86 bits per heavy atom. The van der Waals surface area contributed by atoms with E-state index in [2.05, 4.69) is 4.74 Å². The zero-order chi connectivity index (χ0) is 16.3. The smallest absolute Gasteiger partial charge is 0.305 e. The quantitative estimate of drug-likeness (QED) is 0.602. The molecule has 118 valence electrons. The Kier molecular flexibility index (Phi) is 4.97. The summed E-state index contributed by atoms with van der Waals surface area (Å²) >= 11 is 1.15. The third-order valence-corrected chi connectivity index (χ3v) is 4.29. The number of ether oxygens (including phenoxy) is 3. The van der Waals surface area contributed by atoms with Gasteiger partial charge < -0.3 is 14.2 Å². The number of carbonyl (C=O) groups excluding carboxylic acids is 2. The van der Waals surface area contributed by atoms with Gasteiger partial charge in [0.1, 0.15) is 0 Å². The summed E-state index contributed by atoms with van der Waals surface area (Å²) in [6, 6.07) is 3.09. The second-order valence-corrected chi connectivity index (χ2v) is 5.53. The molecule has 0 atom stereocenters. The van der Waals surface area contributed by atoms with Gasteiger partial charge in [-0.3, -0.25) is 9.59 Å². The molecule has 0 saturated carbocycles. The lowest BCUT2D eigenvalue weighted by Crippen LogP contribution is -2.04. The van der Waals surface area contributed by atoms with Crippen molar-refractivity contribution in [3.63, 3.8) is 0 Å². The van der Waals surface area contributed by atoms with Crippen molar-refractivity contribution in [2.24, 2.45) is 0 Å². The Bertz CT molecular complexity index is 722. The van der Waals surface area contributed by atoms with E-state index >= 15 is 0 Å². The molecule has 0 aliphatic carbocycles. The van der Waals surface area contributed by atoms with Crippen LogP contribution in [-0.4, -0.2) is 33.1 Å². The average Bonchev–Trinajstić information content (AvgIpc) is 2.96. The predicted molar refractivity (Wildman–Crippen MR) is 80.5 cm³/mol. The minimum absolute atomic E-state index is 0.00126. The molecule has 5 nitrogen and oxygen atoms in total. The van der Waals surface area contributed by atoms with Gasteiger partial charge in [0.2, 0.25) is 0 Å². The molecule has 1 heterocycles. The highest BCUT2D eigenvalue weighted by Gasteiger charge is 2.19. The van der Waals surface area contributed by atoms with Crippen LogP contribution in [0.2, 0.25) is 0 Å². The number of benzene rings is 1. The van der Waals surface area contributed by atoms with Crippen molar-refractivity contribution in [3.8, 4) is 11.5 Å². The Morgan fingerprint density at radius 1 is 1.14 bits per heavy atom. The van der Waals surface area contributed by atoms with Crippen molar-refractivity contribution < 1.29 is 28.2 Å². The van der Waals surface area contributed by atoms with Gasteiger partial charge in [0.15, 0.2) is 23.1 Å². The first-order chi connectivity index (χ1) is 10.5. The van der Waals surface area contributed by atoms with Gasteiger partial charge in [-0.25, -0.2) is 4.39 Å². The zero-order valence-electron chi connectivity index (χ0n) is 12.4. The van der Waals surface area contributed by atoms with E-state index in [1.807, 2.05) is 0 Å². The molecule has 7 heteroatoms. The number of thiophene rings is 1. The molecule has 0 radical (unpaired) electrons.